The van der Waals surface area contributed by atoms with Gasteiger partial charge in [0, 0.05) is 48.8 Å². The molecule has 41 heavy (non-hydrogen) atoms. The third-order valence-corrected chi connectivity index (χ3v) is 7.06. The number of carbonyl (C=O) groups excluding carboxylic acids is 1. The molecule has 4 aromatic rings. The molecule has 1 aliphatic rings. The lowest BCUT2D eigenvalue weighted by Crippen LogP contribution is -2.33. The number of benzene rings is 2. The Labute approximate surface area is 235 Å². The Balaban J connectivity index is 1.54. The minimum absolute atomic E-state index is 0.00937. The van der Waals surface area contributed by atoms with Gasteiger partial charge in [0.05, 0.1) is 31.9 Å². The lowest BCUT2D eigenvalue weighted by atomic mass is 9.98. The Morgan fingerprint density at radius 1 is 1.20 bits per heavy atom. The number of methoxy groups -OCH3 is 1. The van der Waals surface area contributed by atoms with Crippen LogP contribution in [0.15, 0.2) is 61.1 Å². The second kappa shape index (κ2) is 11.8. The monoisotopic (exact) mass is 556 g/mol. The van der Waals surface area contributed by atoms with Crippen molar-refractivity contribution in [3.05, 3.63) is 95.4 Å². The predicted octanol–water partition coefficient (Wildman–Crippen LogP) is 4.37. The van der Waals surface area contributed by atoms with Gasteiger partial charge in [0.2, 0.25) is 0 Å². The number of ketones is 1. The first-order chi connectivity index (χ1) is 19.8. The van der Waals surface area contributed by atoms with Crippen molar-refractivity contribution in [1.82, 2.24) is 15.0 Å². The highest BCUT2D eigenvalue weighted by Gasteiger charge is 2.32. The van der Waals surface area contributed by atoms with Crippen LogP contribution in [0.5, 0.6) is 5.75 Å². The fourth-order valence-corrected chi connectivity index (χ4v) is 5.12. The minimum atomic E-state index is -0.791. The number of nitrogens with zero attached hydrogens (tertiary/aromatic N) is 5. The number of aliphatic hydroxyl groups excluding tert-OH is 1. The van der Waals surface area contributed by atoms with E-state index in [4.69, 9.17) is 17.0 Å². The second-order valence-corrected chi connectivity index (χ2v) is 9.64. The summed E-state index contributed by atoms with van der Waals surface area (Å²) in [7, 11) is 1.21. The molecule has 1 fully saturated rings. The van der Waals surface area contributed by atoms with Crippen LogP contribution in [-0.4, -0.2) is 58.2 Å². The fourth-order valence-electron chi connectivity index (χ4n) is 5.12. The number of ether oxygens (including phenoxy) is 1. The van der Waals surface area contributed by atoms with Crippen LogP contribution in [0, 0.1) is 18.2 Å². The van der Waals surface area contributed by atoms with Gasteiger partial charge in [-0.25, -0.2) is 23.6 Å². The normalized spacial score (nSPS) is 16.4. The number of hydrogen-bond acceptors (Lipinski definition) is 8. The van der Waals surface area contributed by atoms with Gasteiger partial charge in [0.1, 0.15) is 11.5 Å². The molecule has 0 saturated carbocycles. The number of Topliss-reactive ketones (excluding diaryl/α,β-unsaturated/α-hetero) is 1. The van der Waals surface area contributed by atoms with E-state index in [1.54, 1.807) is 30.6 Å². The van der Waals surface area contributed by atoms with E-state index in [1.807, 2.05) is 11.0 Å². The van der Waals surface area contributed by atoms with Crippen LogP contribution in [0.3, 0.4) is 0 Å². The molecule has 5 rings (SSSR count). The van der Waals surface area contributed by atoms with E-state index in [-0.39, 0.29) is 53.7 Å². The van der Waals surface area contributed by atoms with Gasteiger partial charge in [-0.1, -0.05) is 12.1 Å². The molecule has 3 heterocycles. The van der Waals surface area contributed by atoms with Gasteiger partial charge in [-0.15, -0.1) is 0 Å². The topological polar surface area (TPSA) is 119 Å². The van der Waals surface area contributed by atoms with Crippen molar-refractivity contribution in [1.29, 1.82) is 0 Å². The standard InChI is InChI=1S/C30H26F2N6O3/c1-34-24-7-9-35-14-21(24)17-3-4-18(26(11-17)38-15-19(33)13-20(38)16-39)12-27(40)25-8-10-36-30(37-25)28-22(31)5-6-23(32)29(28)41-2/h3-11,14,19-20,39H,12-13,15-16,33H2,2H3/t19-,20-/m0/s1. The third-order valence-electron chi connectivity index (χ3n) is 7.06. The number of hydrogen-bond donors (Lipinski definition) is 2. The summed E-state index contributed by atoms with van der Waals surface area (Å²) < 4.78 is 34.0. The third kappa shape index (κ3) is 5.48. The van der Waals surface area contributed by atoms with Gasteiger partial charge in [-0.2, -0.15) is 0 Å². The van der Waals surface area contributed by atoms with Gasteiger partial charge in [-0.3, -0.25) is 9.78 Å². The van der Waals surface area contributed by atoms with Crippen LogP contribution in [0.4, 0.5) is 20.2 Å². The van der Waals surface area contributed by atoms with Crippen LogP contribution in [0.25, 0.3) is 27.4 Å². The number of aromatic nitrogens is 3. The maximum atomic E-state index is 14.7. The molecule has 208 valence electrons. The summed E-state index contributed by atoms with van der Waals surface area (Å²) in [5.41, 5.74) is 9.09. The van der Waals surface area contributed by atoms with Crippen LogP contribution in [-0.2, 0) is 6.42 Å². The molecule has 1 aliphatic heterocycles. The summed E-state index contributed by atoms with van der Waals surface area (Å²) in [6, 6.07) is 9.96. The Morgan fingerprint density at radius 3 is 2.76 bits per heavy atom. The molecular weight excluding hydrogens is 530 g/mol. The fraction of sp³-hybridized carbons (Fsp3) is 0.233. The molecular formula is C30H26F2N6O3. The molecule has 9 nitrogen and oxygen atoms in total. The number of halogens is 2. The first-order valence-corrected chi connectivity index (χ1v) is 12.8. The number of carbonyl (C=O) groups is 1. The Morgan fingerprint density at radius 2 is 2.00 bits per heavy atom. The molecule has 2 atom stereocenters. The molecule has 0 unspecified atom stereocenters. The zero-order valence-corrected chi connectivity index (χ0v) is 22.1. The molecule has 0 amide bonds. The van der Waals surface area contributed by atoms with Gasteiger partial charge < -0.3 is 20.5 Å². The Hall–Kier alpha value is -4.79. The maximum absolute atomic E-state index is 14.7. The molecule has 0 bridgehead atoms. The van der Waals surface area contributed by atoms with Crippen molar-refractivity contribution in [3.63, 3.8) is 0 Å². The van der Waals surface area contributed by atoms with Crippen molar-refractivity contribution in [2.45, 2.75) is 24.9 Å². The largest absolute Gasteiger partial charge is 0.493 e. The zero-order chi connectivity index (χ0) is 29.1. The maximum Gasteiger partial charge on any atom is 0.197 e. The first-order valence-electron chi connectivity index (χ1n) is 12.8. The zero-order valence-electron chi connectivity index (χ0n) is 22.1. The van der Waals surface area contributed by atoms with Crippen molar-refractivity contribution < 1.29 is 23.4 Å². The Bertz CT molecular complexity index is 1660. The quantitative estimate of drug-likeness (QED) is 0.243. The lowest BCUT2D eigenvalue weighted by Gasteiger charge is -2.28. The smallest absolute Gasteiger partial charge is 0.197 e. The SMILES string of the molecule is [C-]#[N+]c1ccncc1-c1ccc(CC(=O)c2ccnc(-c3c(F)ccc(F)c3OC)n2)c(N2C[C@@H](N)C[C@H]2CO)c1. The van der Waals surface area contributed by atoms with Gasteiger partial charge in [0.15, 0.2) is 28.9 Å². The van der Waals surface area contributed by atoms with Gasteiger partial charge in [0.25, 0.3) is 0 Å². The van der Waals surface area contributed by atoms with Crippen molar-refractivity contribution in [2.75, 3.05) is 25.2 Å². The van der Waals surface area contributed by atoms with Crippen LogP contribution in [0.1, 0.15) is 22.5 Å². The van der Waals surface area contributed by atoms with E-state index in [1.165, 1.54) is 19.4 Å². The molecule has 3 N–H and O–H groups in total. The van der Waals surface area contributed by atoms with Crippen molar-refractivity contribution in [3.8, 4) is 28.3 Å². The van der Waals surface area contributed by atoms with E-state index in [0.29, 0.717) is 35.5 Å². The average Bonchev–Trinajstić information content (AvgIpc) is 3.38. The number of nitrogens with two attached hydrogens (primary N) is 1. The van der Waals surface area contributed by atoms with Crippen LogP contribution >= 0.6 is 0 Å². The average molecular weight is 557 g/mol. The van der Waals surface area contributed by atoms with Crippen molar-refractivity contribution >= 4 is 17.2 Å². The molecule has 1 saturated heterocycles. The summed E-state index contributed by atoms with van der Waals surface area (Å²) in [6.45, 7) is 7.87. The molecule has 11 heteroatoms. The summed E-state index contributed by atoms with van der Waals surface area (Å²) in [5.74, 6) is -2.51. The van der Waals surface area contributed by atoms with Crippen molar-refractivity contribution in [2.24, 2.45) is 5.73 Å². The highest BCUT2D eigenvalue weighted by Crippen LogP contribution is 2.37. The summed E-state index contributed by atoms with van der Waals surface area (Å²) in [4.78, 5) is 31.5. The molecule has 2 aromatic carbocycles. The summed E-state index contributed by atoms with van der Waals surface area (Å²) in [5, 5.41) is 10.1. The lowest BCUT2D eigenvalue weighted by molar-refractivity contribution is 0.0988. The van der Waals surface area contributed by atoms with Crippen LogP contribution < -0.4 is 15.4 Å². The molecule has 0 radical (unpaired) electrons. The van der Waals surface area contributed by atoms with Crippen LogP contribution in [0.2, 0.25) is 0 Å². The highest BCUT2D eigenvalue weighted by molar-refractivity contribution is 5.97. The number of anilines is 1. The van der Waals surface area contributed by atoms with E-state index in [9.17, 15) is 18.7 Å². The molecule has 0 aliphatic carbocycles. The molecule has 2 aromatic heterocycles. The van der Waals surface area contributed by atoms with Gasteiger partial charge in [-0.05, 0) is 47.9 Å². The van der Waals surface area contributed by atoms with E-state index in [0.717, 1.165) is 17.7 Å². The van der Waals surface area contributed by atoms with E-state index >= 15 is 0 Å². The van der Waals surface area contributed by atoms with E-state index in [2.05, 4.69) is 19.8 Å². The second-order valence-electron chi connectivity index (χ2n) is 9.64. The number of aliphatic hydroxyl groups is 1. The predicted molar refractivity (Wildman–Crippen MR) is 149 cm³/mol. The number of rotatable bonds is 8. The van der Waals surface area contributed by atoms with E-state index < -0.39 is 11.6 Å². The summed E-state index contributed by atoms with van der Waals surface area (Å²) >= 11 is 0. The first kappa shape index (κ1) is 27.8. The highest BCUT2D eigenvalue weighted by atomic mass is 19.1. The molecule has 0 spiro atoms. The Kier molecular flexibility index (Phi) is 7.96. The number of pyridine rings is 1. The summed E-state index contributed by atoms with van der Waals surface area (Å²) in [6.07, 6.45) is 4.96. The minimum Gasteiger partial charge on any atom is -0.493 e. The van der Waals surface area contributed by atoms with Gasteiger partial charge >= 0.3 is 0 Å².